The number of piperidine rings is 1. The molecule has 0 saturated carbocycles. The van der Waals surface area contributed by atoms with Gasteiger partial charge in [-0.3, -0.25) is 4.79 Å². The molecule has 1 fully saturated rings. The molecule has 2 aliphatic rings. The summed E-state index contributed by atoms with van der Waals surface area (Å²) in [4.78, 5) is 28.0. The van der Waals surface area contributed by atoms with Crippen molar-refractivity contribution in [2.45, 2.75) is 31.2 Å². The van der Waals surface area contributed by atoms with Gasteiger partial charge in [0, 0.05) is 30.8 Å². The average Bonchev–Trinajstić information content (AvgIpc) is 3.62. The molecule has 0 spiro atoms. The van der Waals surface area contributed by atoms with Crippen molar-refractivity contribution in [3.05, 3.63) is 58.2 Å². The molecule has 1 aromatic carbocycles. The summed E-state index contributed by atoms with van der Waals surface area (Å²) >= 11 is 1.43. The highest BCUT2D eigenvalue weighted by atomic mass is 32.1. The number of amides is 1. The van der Waals surface area contributed by atoms with Gasteiger partial charge in [-0.05, 0) is 24.5 Å². The summed E-state index contributed by atoms with van der Waals surface area (Å²) < 4.78 is 7.37. The molecule has 2 aliphatic heterocycles. The number of hydrogen-bond donors (Lipinski definition) is 2. The second kappa shape index (κ2) is 8.24. The van der Waals surface area contributed by atoms with Crippen LogP contribution in [0, 0.1) is 0 Å². The van der Waals surface area contributed by atoms with Crippen LogP contribution in [0.1, 0.15) is 52.4 Å². The summed E-state index contributed by atoms with van der Waals surface area (Å²) in [6.07, 6.45) is 3.83. The maximum absolute atomic E-state index is 12.7. The molecule has 1 atom stereocenters. The van der Waals surface area contributed by atoms with Gasteiger partial charge in [0.2, 0.25) is 0 Å². The first kappa shape index (κ1) is 20.8. The maximum atomic E-state index is 12.7. The first-order valence-corrected chi connectivity index (χ1v) is 12.2. The van der Waals surface area contributed by atoms with Crippen LogP contribution < -0.4 is 15.8 Å². The Hall–Kier alpha value is -3.73. The Morgan fingerprint density at radius 1 is 1.26 bits per heavy atom. The van der Waals surface area contributed by atoms with E-state index in [9.17, 15) is 4.79 Å². The number of carbonyl (C=O) groups excluding carboxylic acids is 1. The zero-order valence-corrected chi connectivity index (χ0v) is 19.5. The van der Waals surface area contributed by atoms with Gasteiger partial charge in [0.1, 0.15) is 29.1 Å². The lowest BCUT2D eigenvalue weighted by Gasteiger charge is -2.30. The summed E-state index contributed by atoms with van der Waals surface area (Å²) in [7, 11) is 1.67. The van der Waals surface area contributed by atoms with Gasteiger partial charge in [-0.1, -0.05) is 12.1 Å². The molecule has 0 bridgehead atoms. The van der Waals surface area contributed by atoms with E-state index in [2.05, 4.69) is 26.4 Å². The molecule has 3 aromatic heterocycles. The third kappa shape index (κ3) is 3.35. The smallest absolute Gasteiger partial charge is 0.273 e. The van der Waals surface area contributed by atoms with Crippen LogP contribution >= 0.6 is 11.3 Å². The van der Waals surface area contributed by atoms with Crippen LogP contribution in [0.3, 0.4) is 0 Å². The van der Waals surface area contributed by atoms with E-state index < -0.39 is 0 Å². The fourth-order valence-corrected chi connectivity index (χ4v) is 5.55. The quantitative estimate of drug-likeness (QED) is 0.461. The van der Waals surface area contributed by atoms with E-state index in [1.165, 1.54) is 23.2 Å². The van der Waals surface area contributed by atoms with E-state index in [0.29, 0.717) is 24.6 Å². The maximum Gasteiger partial charge on any atom is 0.273 e. The first-order chi connectivity index (χ1) is 16.6. The summed E-state index contributed by atoms with van der Waals surface area (Å²) in [5, 5.41) is 9.88. The van der Waals surface area contributed by atoms with Gasteiger partial charge in [0.15, 0.2) is 5.82 Å². The topological polar surface area (TPSA) is 124 Å². The third-order valence-electron chi connectivity index (χ3n) is 6.72. The van der Waals surface area contributed by atoms with Crippen LogP contribution in [-0.2, 0) is 6.42 Å². The number of ether oxygens (including phenoxy) is 1. The van der Waals surface area contributed by atoms with Crippen molar-refractivity contribution < 1.29 is 9.53 Å². The lowest BCUT2D eigenvalue weighted by Crippen LogP contribution is -2.38. The minimum Gasteiger partial charge on any atom is -0.495 e. The Kier molecular flexibility index (Phi) is 5.05. The number of para-hydroxylation sites is 1. The number of nitrogens with zero attached hydrogens (tertiary/aromatic N) is 6. The number of imidazole rings is 1. The number of fused-ring (bicyclic) bond motifs is 2. The standard InChI is InChI=1S/C23H24N8O2S/c1-33-17-4-2-3-14-9-15(28-18(14)17)19-20-21(24)25-11-27-31(20)22(29-19)13-5-7-30(8-6-13)23(32)16-10-34-12-26-16/h2-4,10-13,15,28H,5-9H2,1H3,(H2,24,25,27). The lowest BCUT2D eigenvalue weighted by molar-refractivity contribution is 0.0705. The monoisotopic (exact) mass is 476 g/mol. The number of nitrogen functional groups attached to an aromatic ring is 1. The molecule has 11 heteroatoms. The van der Waals surface area contributed by atoms with Gasteiger partial charge in [-0.2, -0.15) is 5.10 Å². The largest absolute Gasteiger partial charge is 0.495 e. The highest BCUT2D eigenvalue weighted by Gasteiger charge is 2.33. The number of thiazole rings is 1. The molecule has 6 rings (SSSR count). The zero-order chi connectivity index (χ0) is 23.2. The highest BCUT2D eigenvalue weighted by Crippen LogP contribution is 2.42. The second-order valence-electron chi connectivity index (χ2n) is 8.60. The van der Waals surface area contributed by atoms with Crippen LogP contribution in [0.25, 0.3) is 5.52 Å². The van der Waals surface area contributed by atoms with Crippen LogP contribution in [0.4, 0.5) is 11.5 Å². The highest BCUT2D eigenvalue weighted by molar-refractivity contribution is 7.07. The molecule has 1 amide bonds. The van der Waals surface area contributed by atoms with Crippen LogP contribution in [-0.4, -0.2) is 55.6 Å². The van der Waals surface area contributed by atoms with Crippen molar-refractivity contribution in [3.8, 4) is 5.75 Å². The minimum absolute atomic E-state index is 0.0122. The van der Waals surface area contributed by atoms with Gasteiger partial charge in [0.05, 0.1) is 30.0 Å². The molecule has 1 saturated heterocycles. The Morgan fingerprint density at radius 3 is 2.88 bits per heavy atom. The van der Waals surface area contributed by atoms with Crippen LogP contribution in [0.15, 0.2) is 35.4 Å². The fraction of sp³-hybridized carbons (Fsp3) is 0.348. The number of rotatable bonds is 4. The normalized spacial score (nSPS) is 18.1. The summed E-state index contributed by atoms with van der Waals surface area (Å²) in [5.41, 5.74) is 12.3. The molecule has 4 aromatic rings. The molecule has 5 heterocycles. The van der Waals surface area contributed by atoms with Gasteiger partial charge >= 0.3 is 0 Å². The molecule has 0 radical (unpaired) electrons. The van der Waals surface area contributed by atoms with Crippen LogP contribution in [0.5, 0.6) is 5.75 Å². The van der Waals surface area contributed by atoms with Gasteiger partial charge in [-0.25, -0.2) is 19.5 Å². The summed E-state index contributed by atoms with van der Waals surface area (Å²) in [5.74, 6) is 2.23. The Balaban J connectivity index is 1.30. The molecule has 174 valence electrons. The van der Waals surface area contributed by atoms with E-state index in [4.69, 9.17) is 15.5 Å². The third-order valence-corrected chi connectivity index (χ3v) is 7.30. The van der Waals surface area contributed by atoms with E-state index in [-0.39, 0.29) is 17.9 Å². The predicted molar refractivity (Wildman–Crippen MR) is 128 cm³/mol. The number of nitrogens with two attached hydrogens (primary N) is 1. The van der Waals surface area contributed by atoms with E-state index in [0.717, 1.165) is 47.7 Å². The van der Waals surface area contributed by atoms with Crippen LogP contribution in [0.2, 0.25) is 0 Å². The number of aromatic nitrogens is 5. The summed E-state index contributed by atoms with van der Waals surface area (Å²) in [6.45, 7) is 1.30. The van der Waals surface area contributed by atoms with E-state index in [1.54, 1.807) is 18.0 Å². The molecule has 0 aliphatic carbocycles. The fourth-order valence-electron chi connectivity index (χ4n) is 5.02. The van der Waals surface area contributed by atoms with Crippen molar-refractivity contribution in [1.82, 2.24) is 29.5 Å². The lowest BCUT2D eigenvalue weighted by atomic mass is 9.96. The molecular weight excluding hydrogens is 452 g/mol. The summed E-state index contributed by atoms with van der Waals surface area (Å²) in [6, 6.07) is 5.98. The number of likely N-dealkylation sites (tertiary alicyclic amines) is 1. The number of benzene rings is 1. The van der Waals surface area contributed by atoms with Crippen molar-refractivity contribution in [2.75, 3.05) is 31.2 Å². The number of methoxy groups -OCH3 is 1. The van der Waals surface area contributed by atoms with E-state index in [1.807, 2.05) is 21.5 Å². The molecule has 3 N–H and O–H groups in total. The van der Waals surface area contributed by atoms with Crippen molar-refractivity contribution in [2.24, 2.45) is 0 Å². The second-order valence-corrected chi connectivity index (χ2v) is 9.32. The number of nitrogens with one attached hydrogen (secondary N) is 1. The number of hydrogen-bond acceptors (Lipinski definition) is 9. The predicted octanol–water partition coefficient (Wildman–Crippen LogP) is 2.90. The zero-order valence-electron chi connectivity index (χ0n) is 18.6. The van der Waals surface area contributed by atoms with Crippen molar-refractivity contribution >= 4 is 34.3 Å². The minimum atomic E-state index is -0.0605. The molecular formula is C23H24N8O2S. The Bertz CT molecular complexity index is 1360. The number of anilines is 2. The first-order valence-electron chi connectivity index (χ1n) is 11.2. The van der Waals surface area contributed by atoms with Crippen molar-refractivity contribution in [3.63, 3.8) is 0 Å². The van der Waals surface area contributed by atoms with E-state index >= 15 is 0 Å². The number of carbonyl (C=O) groups is 1. The Morgan fingerprint density at radius 2 is 2.12 bits per heavy atom. The Labute approximate surface area is 199 Å². The average molecular weight is 477 g/mol. The molecule has 10 nitrogen and oxygen atoms in total. The van der Waals surface area contributed by atoms with Gasteiger partial charge in [0.25, 0.3) is 5.91 Å². The van der Waals surface area contributed by atoms with Gasteiger partial charge < -0.3 is 20.7 Å². The molecule has 1 unspecified atom stereocenters. The molecule has 34 heavy (non-hydrogen) atoms. The van der Waals surface area contributed by atoms with Crippen molar-refractivity contribution in [1.29, 1.82) is 0 Å². The SMILES string of the molecule is COc1cccc2c1NC(c1nc(C3CCN(C(=O)c4cscn4)CC3)n3ncnc(N)c13)C2. The van der Waals surface area contributed by atoms with Gasteiger partial charge in [-0.15, -0.1) is 11.3 Å².